The predicted octanol–water partition coefficient (Wildman–Crippen LogP) is 1.11. The van der Waals surface area contributed by atoms with E-state index in [0.717, 1.165) is 6.20 Å². The van der Waals surface area contributed by atoms with Crippen LogP contribution in [0.15, 0.2) is 18.3 Å². The summed E-state index contributed by atoms with van der Waals surface area (Å²) >= 11 is 0. The normalized spacial score (nSPS) is 21.4. The van der Waals surface area contributed by atoms with E-state index in [-0.39, 0.29) is 23.5 Å². The minimum absolute atomic E-state index is 0.0370. The zero-order valence-corrected chi connectivity index (χ0v) is 10.8. The average Bonchev–Trinajstić information content (AvgIpc) is 2.40. The van der Waals surface area contributed by atoms with Crippen molar-refractivity contribution in [2.75, 3.05) is 0 Å². The molecular weight excluding hydrogens is 266 g/mol. The molecular formula is C13H17NO6. The van der Waals surface area contributed by atoms with Gasteiger partial charge in [-0.1, -0.05) is 0 Å². The molecule has 1 aliphatic carbocycles. The summed E-state index contributed by atoms with van der Waals surface area (Å²) in [4.78, 5) is 24.0. The van der Waals surface area contributed by atoms with Gasteiger partial charge in [-0.25, -0.2) is 9.78 Å². The van der Waals surface area contributed by atoms with Gasteiger partial charge in [0.25, 0.3) is 0 Å². The van der Waals surface area contributed by atoms with Crippen LogP contribution in [-0.2, 0) is 4.79 Å². The number of aliphatic hydroxyl groups is 1. The summed E-state index contributed by atoms with van der Waals surface area (Å²) in [5.74, 6) is -2.06. The molecule has 7 heteroatoms. The number of rotatable bonds is 2. The van der Waals surface area contributed by atoms with E-state index >= 15 is 0 Å². The summed E-state index contributed by atoms with van der Waals surface area (Å²) in [6, 6.07) is 2.51. The van der Waals surface area contributed by atoms with Crippen LogP contribution >= 0.6 is 0 Å². The zero-order valence-electron chi connectivity index (χ0n) is 10.8. The Kier molecular flexibility index (Phi) is 5.92. The van der Waals surface area contributed by atoms with E-state index in [1.165, 1.54) is 12.1 Å². The van der Waals surface area contributed by atoms with Crippen molar-refractivity contribution in [1.29, 1.82) is 0 Å². The number of aromatic carboxylic acids is 1. The lowest BCUT2D eigenvalue weighted by molar-refractivity contribution is -0.143. The first kappa shape index (κ1) is 15.9. The monoisotopic (exact) mass is 283 g/mol. The number of aliphatic carboxylic acids is 1. The van der Waals surface area contributed by atoms with Crippen LogP contribution < -0.4 is 0 Å². The van der Waals surface area contributed by atoms with Gasteiger partial charge in [0.15, 0.2) is 0 Å². The molecule has 1 aromatic heterocycles. The summed E-state index contributed by atoms with van der Waals surface area (Å²) in [5.41, 5.74) is -0.0715. The van der Waals surface area contributed by atoms with Gasteiger partial charge in [0, 0.05) is 0 Å². The highest BCUT2D eigenvalue weighted by Crippen LogP contribution is 2.23. The number of hydrogen-bond donors (Lipinski definition) is 4. The van der Waals surface area contributed by atoms with E-state index in [1.807, 2.05) is 0 Å². The van der Waals surface area contributed by atoms with E-state index in [0.29, 0.717) is 25.7 Å². The van der Waals surface area contributed by atoms with Gasteiger partial charge in [-0.05, 0) is 37.8 Å². The Balaban J connectivity index is 0.000000200. The molecule has 0 saturated heterocycles. The summed E-state index contributed by atoms with van der Waals surface area (Å²) in [7, 11) is 0. The molecule has 1 aromatic rings. The predicted molar refractivity (Wildman–Crippen MR) is 68.5 cm³/mol. The first-order valence-electron chi connectivity index (χ1n) is 6.19. The highest BCUT2D eigenvalue weighted by Gasteiger charge is 2.24. The summed E-state index contributed by atoms with van der Waals surface area (Å²) in [5, 5.41) is 34.6. The minimum atomic E-state index is -1.10. The van der Waals surface area contributed by atoms with Crippen LogP contribution in [0.3, 0.4) is 0 Å². The van der Waals surface area contributed by atoms with Crippen molar-refractivity contribution < 1.29 is 30.0 Å². The van der Waals surface area contributed by atoms with Gasteiger partial charge in [-0.15, -0.1) is 0 Å². The van der Waals surface area contributed by atoms with Crippen LogP contribution in [0.5, 0.6) is 5.75 Å². The molecule has 0 spiro atoms. The molecule has 2 rings (SSSR count). The molecule has 0 atom stereocenters. The highest BCUT2D eigenvalue weighted by molar-refractivity contribution is 5.85. The van der Waals surface area contributed by atoms with E-state index in [1.54, 1.807) is 0 Å². The second-order valence-corrected chi connectivity index (χ2v) is 4.55. The molecule has 0 aromatic carbocycles. The molecule has 4 N–H and O–H groups in total. The molecule has 1 aliphatic rings. The quantitative estimate of drug-likeness (QED) is 0.640. The lowest BCUT2D eigenvalue weighted by Gasteiger charge is -2.21. The Morgan fingerprint density at radius 2 is 1.70 bits per heavy atom. The smallest absolute Gasteiger partial charge is 0.354 e. The van der Waals surface area contributed by atoms with Crippen LogP contribution in [0.2, 0.25) is 0 Å². The molecule has 20 heavy (non-hydrogen) atoms. The van der Waals surface area contributed by atoms with Crippen molar-refractivity contribution in [3.8, 4) is 5.75 Å². The van der Waals surface area contributed by atoms with Crippen molar-refractivity contribution in [3.63, 3.8) is 0 Å². The third-order valence-corrected chi connectivity index (χ3v) is 3.01. The van der Waals surface area contributed by atoms with Crippen molar-refractivity contribution in [1.82, 2.24) is 4.98 Å². The second-order valence-electron chi connectivity index (χ2n) is 4.55. The molecule has 1 saturated carbocycles. The Hall–Kier alpha value is -2.15. The number of hydrogen-bond acceptors (Lipinski definition) is 5. The Morgan fingerprint density at radius 3 is 2.10 bits per heavy atom. The number of aromatic hydroxyl groups is 1. The lowest BCUT2D eigenvalue weighted by atomic mass is 9.88. The maximum absolute atomic E-state index is 10.4. The number of carboxylic acids is 2. The van der Waals surface area contributed by atoms with E-state index in [4.69, 9.17) is 20.4 Å². The fraction of sp³-hybridized carbons (Fsp3) is 0.462. The molecule has 1 heterocycles. The van der Waals surface area contributed by atoms with Crippen molar-refractivity contribution in [2.45, 2.75) is 31.8 Å². The van der Waals surface area contributed by atoms with Gasteiger partial charge in [0.2, 0.25) is 0 Å². The standard InChI is InChI=1S/C7H12O3.C6H5NO3/c8-6-3-1-5(2-4-6)7(9)10;8-4-1-2-5(6(9)10)7-3-4/h5-6,8H,1-4H2,(H,9,10);1-3,8H,(H,9,10). The molecule has 0 amide bonds. The lowest BCUT2D eigenvalue weighted by Crippen LogP contribution is -2.23. The summed E-state index contributed by atoms with van der Waals surface area (Å²) in [6.07, 6.45) is 3.40. The van der Waals surface area contributed by atoms with Gasteiger partial charge >= 0.3 is 11.9 Å². The molecule has 0 radical (unpaired) electrons. The number of aliphatic hydroxyl groups excluding tert-OH is 1. The van der Waals surface area contributed by atoms with Crippen LogP contribution in [0.25, 0.3) is 0 Å². The van der Waals surface area contributed by atoms with Crippen LogP contribution in [0.1, 0.15) is 36.2 Å². The second kappa shape index (κ2) is 7.44. The minimum Gasteiger partial charge on any atom is -0.506 e. The van der Waals surface area contributed by atoms with Crippen LogP contribution in [-0.4, -0.2) is 43.5 Å². The van der Waals surface area contributed by atoms with Gasteiger partial charge < -0.3 is 20.4 Å². The van der Waals surface area contributed by atoms with E-state index in [9.17, 15) is 9.59 Å². The van der Waals surface area contributed by atoms with Crippen molar-refractivity contribution >= 4 is 11.9 Å². The Bertz CT molecular complexity index is 450. The first-order valence-corrected chi connectivity index (χ1v) is 6.19. The molecule has 1 fully saturated rings. The molecule has 0 unspecified atom stereocenters. The number of nitrogens with zero attached hydrogens (tertiary/aromatic N) is 1. The fourth-order valence-electron chi connectivity index (χ4n) is 1.84. The average molecular weight is 283 g/mol. The maximum Gasteiger partial charge on any atom is 0.354 e. The number of pyridine rings is 1. The highest BCUT2D eigenvalue weighted by atomic mass is 16.4. The van der Waals surface area contributed by atoms with E-state index in [2.05, 4.69) is 4.98 Å². The maximum atomic E-state index is 10.4. The topological polar surface area (TPSA) is 128 Å². The summed E-state index contributed by atoms with van der Waals surface area (Å²) < 4.78 is 0. The van der Waals surface area contributed by atoms with Gasteiger partial charge in [0.1, 0.15) is 11.4 Å². The Morgan fingerprint density at radius 1 is 1.10 bits per heavy atom. The molecule has 7 nitrogen and oxygen atoms in total. The van der Waals surface area contributed by atoms with Crippen molar-refractivity contribution in [3.05, 3.63) is 24.0 Å². The fourth-order valence-corrected chi connectivity index (χ4v) is 1.84. The third kappa shape index (κ3) is 5.23. The van der Waals surface area contributed by atoms with Gasteiger partial charge in [0.05, 0.1) is 18.2 Å². The third-order valence-electron chi connectivity index (χ3n) is 3.01. The molecule has 0 aliphatic heterocycles. The largest absolute Gasteiger partial charge is 0.506 e. The molecule has 110 valence electrons. The Labute approximate surface area is 115 Å². The number of carboxylic acid groups (broad SMARTS) is 2. The van der Waals surface area contributed by atoms with Crippen molar-refractivity contribution in [2.24, 2.45) is 5.92 Å². The zero-order chi connectivity index (χ0) is 15.1. The number of carbonyl (C=O) groups is 2. The van der Waals surface area contributed by atoms with Gasteiger partial charge in [-0.3, -0.25) is 4.79 Å². The van der Waals surface area contributed by atoms with E-state index < -0.39 is 11.9 Å². The molecule has 0 bridgehead atoms. The summed E-state index contributed by atoms with van der Waals surface area (Å²) in [6.45, 7) is 0. The van der Waals surface area contributed by atoms with Crippen LogP contribution in [0, 0.1) is 5.92 Å². The SMILES string of the molecule is O=C(O)C1CCC(O)CC1.O=C(O)c1ccc(O)cn1. The van der Waals surface area contributed by atoms with Crippen LogP contribution in [0.4, 0.5) is 0 Å². The first-order chi connectivity index (χ1) is 9.40. The van der Waals surface area contributed by atoms with Gasteiger partial charge in [-0.2, -0.15) is 0 Å². The number of aromatic nitrogens is 1.